The molecule has 1 aliphatic heterocycles. The van der Waals surface area contributed by atoms with E-state index in [0.29, 0.717) is 11.3 Å². The first kappa shape index (κ1) is 16.9. The summed E-state index contributed by atoms with van der Waals surface area (Å²) in [5.74, 6) is -1.26. The predicted molar refractivity (Wildman–Crippen MR) is 93.6 cm³/mol. The second-order valence-electron chi connectivity index (χ2n) is 6.06. The molecular formula is C18H18FN3O3. The zero-order chi connectivity index (χ0) is 18.0. The van der Waals surface area contributed by atoms with Gasteiger partial charge in [0.1, 0.15) is 17.1 Å². The highest BCUT2D eigenvalue weighted by Crippen LogP contribution is 2.32. The molecule has 130 valence electrons. The molecule has 0 radical (unpaired) electrons. The highest BCUT2D eigenvalue weighted by atomic mass is 19.1. The number of nitro benzene ring substituents is 1. The molecular weight excluding hydrogens is 325 g/mol. The van der Waals surface area contributed by atoms with Gasteiger partial charge in [-0.3, -0.25) is 14.9 Å². The first-order valence-electron chi connectivity index (χ1n) is 8.07. The Kier molecular flexibility index (Phi) is 4.65. The maximum absolute atomic E-state index is 14.3. The Morgan fingerprint density at radius 2 is 1.96 bits per heavy atom. The first-order chi connectivity index (χ1) is 12.0. The number of rotatable bonds is 4. The summed E-state index contributed by atoms with van der Waals surface area (Å²) in [5, 5.41) is 13.7. The average Bonchev–Trinajstić information content (AvgIpc) is 3.10. The number of hydrogen-bond acceptors (Lipinski definition) is 4. The largest absolute Gasteiger partial charge is 0.370 e. The summed E-state index contributed by atoms with van der Waals surface area (Å²) >= 11 is 0. The molecule has 1 aliphatic rings. The maximum atomic E-state index is 14.3. The lowest BCUT2D eigenvalue weighted by molar-refractivity contribution is -0.385. The minimum Gasteiger partial charge on any atom is -0.370 e. The van der Waals surface area contributed by atoms with Crippen LogP contribution >= 0.6 is 0 Å². The van der Waals surface area contributed by atoms with Crippen molar-refractivity contribution in [1.29, 1.82) is 0 Å². The van der Waals surface area contributed by atoms with Crippen LogP contribution in [-0.4, -0.2) is 23.9 Å². The molecule has 0 aliphatic carbocycles. The summed E-state index contributed by atoms with van der Waals surface area (Å²) in [5.41, 5.74) is 0.984. The van der Waals surface area contributed by atoms with Gasteiger partial charge in [-0.05, 0) is 43.5 Å². The summed E-state index contributed by atoms with van der Waals surface area (Å²) in [6.07, 6.45) is 2.01. The number of nitro groups is 1. The van der Waals surface area contributed by atoms with Crippen molar-refractivity contribution in [2.24, 2.45) is 0 Å². The molecule has 0 atom stereocenters. The van der Waals surface area contributed by atoms with Gasteiger partial charge in [0, 0.05) is 19.2 Å². The second kappa shape index (κ2) is 6.88. The summed E-state index contributed by atoms with van der Waals surface area (Å²) < 4.78 is 14.3. The zero-order valence-electron chi connectivity index (χ0n) is 13.8. The van der Waals surface area contributed by atoms with Crippen LogP contribution in [0.2, 0.25) is 0 Å². The Bertz CT molecular complexity index is 832. The molecule has 0 bridgehead atoms. The highest BCUT2D eigenvalue weighted by molar-refractivity contribution is 6.08. The number of anilines is 2. The van der Waals surface area contributed by atoms with Gasteiger partial charge in [0.05, 0.1) is 10.6 Å². The molecule has 1 heterocycles. The van der Waals surface area contributed by atoms with Crippen molar-refractivity contribution in [3.8, 4) is 0 Å². The van der Waals surface area contributed by atoms with Gasteiger partial charge in [0.25, 0.3) is 11.6 Å². The Labute approximate surface area is 144 Å². The third-order valence-corrected chi connectivity index (χ3v) is 4.27. The summed E-state index contributed by atoms with van der Waals surface area (Å²) in [7, 11) is 0. The van der Waals surface area contributed by atoms with Crippen LogP contribution < -0.4 is 10.2 Å². The number of benzene rings is 2. The van der Waals surface area contributed by atoms with Crippen LogP contribution in [0.25, 0.3) is 0 Å². The fourth-order valence-electron chi connectivity index (χ4n) is 3.03. The van der Waals surface area contributed by atoms with Crippen molar-refractivity contribution in [1.82, 2.24) is 0 Å². The van der Waals surface area contributed by atoms with Gasteiger partial charge in [-0.1, -0.05) is 12.1 Å². The van der Waals surface area contributed by atoms with Gasteiger partial charge in [0.15, 0.2) is 0 Å². The van der Waals surface area contributed by atoms with Crippen molar-refractivity contribution in [3.05, 3.63) is 63.5 Å². The van der Waals surface area contributed by atoms with E-state index in [1.54, 1.807) is 25.1 Å². The van der Waals surface area contributed by atoms with Crippen LogP contribution in [0.3, 0.4) is 0 Å². The van der Waals surface area contributed by atoms with Crippen molar-refractivity contribution in [3.63, 3.8) is 0 Å². The number of para-hydroxylation sites is 1. The number of carbonyl (C=O) groups is 1. The molecule has 1 amide bonds. The third kappa shape index (κ3) is 3.45. The molecule has 0 aromatic heterocycles. The molecule has 2 aromatic carbocycles. The number of nitrogens with zero attached hydrogens (tertiary/aromatic N) is 2. The van der Waals surface area contributed by atoms with Crippen molar-refractivity contribution in [2.45, 2.75) is 19.8 Å². The summed E-state index contributed by atoms with van der Waals surface area (Å²) in [6, 6.07) is 8.88. The van der Waals surface area contributed by atoms with E-state index in [4.69, 9.17) is 0 Å². The Hall–Kier alpha value is -2.96. The van der Waals surface area contributed by atoms with E-state index in [0.717, 1.165) is 25.9 Å². The number of halogens is 1. The van der Waals surface area contributed by atoms with Crippen LogP contribution in [-0.2, 0) is 0 Å². The number of carbonyl (C=O) groups excluding carboxylic acids is 1. The summed E-state index contributed by atoms with van der Waals surface area (Å²) in [4.78, 5) is 25.2. The van der Waals surface area contributed by atoms with Crippen molar-refractivity contribution in [2.75, 3.05) is 23.3 Å². The summed E-state index contributed by atoms with van der Waals surface area (Å²) in [6.45, 7) is 3.31. The standard InChI is InChI=1S/C18H18FN3O3/c1-12-7-8-15(22(24)25)13(11-12)18(23)20-17-14(19)5-4-6-16(17)21-9-2-3-10-21/h4-8,11H,2-3,9-10H2,1H3,(H,20,23). The molecule has 1 saturated heterocycles. The first-order valence-corrected chi connectivity index (χ1v) is 8.07. The van der Waals surface area contributed by atoms with E-state index in [9.17, 15) is 19.3 Å². The third-order valence-electron chi connectivity index (χ3n) is 4.27. The monoisotopic (exact) mass is 343 g/mol. The van der Waals surface area contributed by atoms with E-state index in [2.05, 4.69) is 5.32 Å². The Balaban J connectivity index is 1.97. The highest BCUT2D eigenvalue weighted by Gasteiger charge is 2.24. The van der Waals surface area contributed by atoms with Crippen LogP contribution in [0.15, 0.2) is 36.4 Å². The van der Waals surface area contributed by atoms with Gasteiger partial charge >= 0.3 is 0 Å². The molecule has 3 rings (SSSR count). The minimum absolute atomic E-state index is 0.0604. The van der Waals surface area contributed by atoms with E-state index in [1.807, 2.05) is 4.90 Å². The van der Waals surface area contributed by atoms with Crippen molar-refractivity contribution < 1.29 is 14.1 Å². The second-order valence-corrected chi connectivity index (χ2v) is 6.06. The quantitative estimate of drug-likeness (QED) is 0.675. The van der Waals surface area contributed by atoms with Gasteiger partial charge < -0.3 is 10.2 Å². The lowest BCUT2D eigenvalue weighted by Crippen LogP contribution is -2.22. The SMILES string of the molecule is Cc1ccc([N+](=O)[O-])c(C(=O)Nc2c(F)cccc2N2CCCC2)c1. The van der Waals surface area contributed by atoms with E-state index < -0.39 is 16.6 Å². The van der Waals surface area contributed by atoms with E-state index >= 15 is 0 Å². The molecule has 0 saturated carbocycles. The molecule has 1 fully saturated rings. The van der Waals surface area contributed by atoms with Crippen LogP contribution in [0.5, 0.6) is 0 Å². The Morgan fingerprint density at radius 3 is 2.64 bits per heavy atom. The predicted octanol–water partition coefficient (Wildman–Crippen LogP) is 3.89. The van der Waals surface area contributed by atoms with Gasteiger partial charge in [-0.2, -0.15) is 0 Å². The molecule has 2 aromatic rings. The number of nitrogens with one attached hydrogen (secondary N) is 1. The Morgan fingerprint density at radius 1 is 1.24 bits per heavy atom. The lowest BCUT2D eigenvalue weighted by Gasteiger charge is -2.22. The maximum Gasteiger partial charge on any atom is 0.282 e. The number of hydrogen-bond donors (Lipinski definition) is 1. The van der Waals surface area contributed by atoms with Crippen LogP contribution in [0.4, 0.5) is 21.5 Å². The van der Waals surface area contributed by atoms with Crippen LogP contribution in [0.1, 0.15) is 28.8 Å². The molecule has 25 heavy (non-hydrogen) atoms. The van der Waals surface area contributed by atoms with E-state index in [1.165, 1.54) is 18.2 Å². The van der Waals surface area contributed by atoms with Gasteiger partial charge in [-0.25, -0.2) is 4.39 Å². The molecule has 7 heteroatoms. The van der Waals surface area contributed by atoms with E-state index in [-0.39, 0.29) is 16.9 Å². The molecule has 0 spiro atoms. The fraction of sp³-hybridized carbons (Fsp3) is 0.278. The normalized spacial score (nSPS) is 13.8. The smallest absolute Gasteiger partial charge is 0.282 e. The van der Waals surface area contributed by atoms with Crippen molar-refractivity contribution >= 4 is 23.0 Å². The zero-order valence-corrected chi connectivity index (χ0v) is 13.8. The molecule has 0 unspecified atom stereocenters. The number of aryl methyl sites for hydroxylation is 1. The van der Waals surface area contributed by atoms with Gasteiger partial charge in [-0.15, -0.1) is 0 Å². The topological polar surface area (TPSA) is 75.5 Å². The molecule has 1 N–H and O–H groups in total. The van der Waals surface area contributed by atoms with Gasteiger partial charge in [0.2, 0.25) is 0 Å². The lowest BCUT2D eigenvalue weighted by atomic mass is 10.1. The number of amides is 1. The minimum atomic E-state index is -0.694. The van der Waals surface area contributed by atoms with Crippen LogP contribution in [0, 0.1) is 22.9 Å². The fourth-order valence-corrected chi connectivity index (χ4v) is 3.03. The average molecular weight is 343 g/mol. The molecule has 6 nitrogen and oxygen atoms in total.